The van der Waals surface area contributed by atoms with Gasteiger partial charge in [0, 0.05) is 11.9 Å². The number of nitrogens with zero attached hydrogens (tertiary/aromatic N) is 2. The van der Waals surface area contributed by atoms with E-state index in [2.05, 4.69) is 34.3 Å². The summed E-state index contributed by atoms with van der Waals surface area (Å²) in [6.45, 7) is 2.53. The Hall–Kier alpha value is -2.07. The molecule has 0 aliphatic carbocycles. The third-order valence-corrected chi connectivity index (χ3v) is 3.03. The van der Waals surface area contributed by atoms with Crippen LogP contribution in [0.4, 0.5) is 5.69 Å². The van der Waals surface area contributed by atoms with Crippen LogP contribution in [0, 0.1) is 0 Å². The predicted molar refractivity (Wildman–Crippen MR) is 84.0 cm³/mol. The number of benzene rings is 1. The van der Waals surface area contributed by atoms with Crippen LogP contribution in [0.1, 0.15) is 18.2 Å². The van der Waals surface area contributed by atoms with Gasteiger partial charge >= 0.3 is 0 Å². The largest absolute Gasteiger partial charge is 0.370 e. The Labute approximate surface area is 123 Å². The standard InChI is InChI=1S/C15H17ClN4/c1-2-11-4-3-5-13(8-11)20-15(17)19-10-14-7-6-12(16)9-18-14/h3-9H,2,10H2,1H3,(H3,17,19,20). The van der Waals surface area contributed by atoms with E-state index in [1.165, 1.54) is 5.56 Å². The lowest BCUT2D eigenvalue weighted by molar-refractivity contribution is 0.985. The number of nitrogens with two attached hydrogens (primary N) is 1. The highest BCUT2D eigenvalue weighted by Gasteiger charge is 1.98. The van der Waals surface area contributed by atoms with Crippen molar-refractivity contribution in [3.8, 4) is 0 Å². The van der Waals surface area contributed by atoms with Gasteiger partial charge in [0.05, 0.1) is 17.3 Å². The molecule has 4 nitrogen and oxygen atoms in total. The van der Waals surface area contributed by atoms with Crippen LogP contribution in [-0.4, -0.2) is 10.9 Å². The van der Waals surface area contributed by atoms with Crippen LogP contribution in [0.15, 0.2) is 47.6 Å². The lowest BCUT2D eigenvalue weighted by Gasteiger charge is -2.07. The molecule has 0 radical (unpaired) electrons. The van der Waals surface area contributed by atoms with Crippen molar-refractivity contribution in [2.75, 3.05) is 5.32 Å². The minimum atomic E-state index is 0.370. The Bertz CT molecular complexity index is 593. The summed E-state index contributed by atoms with van der Waals surface area (Å²) in [4.78, 5) is 8.41. The van der Waals surface area contributed by atoms with Crippen molar-refractivity contribution >= 4 is 23.2 Å². The van der Waals surface area contributed by atoms with Gasteiger partial charge in [0.2, 0.25) is 0 Å². The van der Waals surface area contributed by atoms with Gasteiger partial charge in [-0.25, -0.2) is 4.99 Å². The molecule has 2 aromatic rings. The molecular formula is C15H17ClN4. The van der Waals surface area contributed by atoms with Gasteiger partial charge in [-0.05, 0) is 36.2 Å². The molecule has 0 unspecified atom stereocenters. The molecule has 104 valence electrons. The van der Waals surface area contributed by atoms with E-state index in [4.69, 9.17) is 17.3 Å². The number of nitrogens with one attached hydrogen (secondary N) is 1. The normalized spacial score (nSPS) is 11.4. The van der Waals surface area contributed by atoms with Crippen molar-refractivity contribution in [1.82, 2.24) is 4.98 Å². The highest BCUT2D eigenvalue weighted by Crippen LogP contribution is 2.11. The number of hydrogen-bond acceptors (Lipinski definition) is 2. The summed E-state index contributed by atoms with van der Waals surface area (Å²) >= 11 is 5.77. The van der Waals surface area contributed by atoms with Gasteiger partial charge in [-0.15, -0.1) is 0 Å². The number of aliphatic imine (C=N–C) groups is 1. The zero-order chi connectivity index (χ0) is 14.4. The Morgan fingerprint density at radius 2 is 2.20 bits per heavy atom. The first-order valence-electron chi connectivity index (χ1n) is 6.43. The van der Waals surface area contributed by atoms with Gasteiger partial charge in [0.15, 0.2) is 5.96 Å². The molecule has 0 spiro atoms. The van der Waals surface area contributed by atoms with Gasteiger partial charge < -0.3 is 11.1 Å². The number of halogens is 1. The van der Waals surface area contributed by atoms with Crippen molar-refractivity contribution in [2.24, 2.45) is 10.7 Å². The molecule has 5 heteroatoms. The second-order valence-corrected chi connectivity index (χ2v) is 4.78. The number of anilines is 1. The number of hydrogen-bond donors (Lipinski definition) is 2. The quantitative estimate of drug-likeness (QED) is 0.671. The van der Waals surface area contributed by atoms with Crippen LogP contribution in [0.2, 0.25) is 5.02 Å². The molecule has 0 saturated heterocycles. The highest BCUT2D eigenvalue weighted by molar-refractivity contribution is 6.30. The van der Waals surface area contributed by atoms with E-state index >= 15 is 0 Å². The van der Waals surface area contributed by atoms with Gasteiger partial charge in [0.25, 0.3) is 0 Å². The third-order valence-electron chi connectivity index (χ3n) is 2.81. The molecule has 1 aromatic carbocycles. The summed E-state index contributed by atoms with van der Waals surface area (Å²) < 4.78 is 0. The molecule has 0 atom stereocenters. The SMILES string of the molecule is CCc1cccc(NC(N)=NCc2ccc(Cl)cn2)c1. The van der Waals surface area contributed by atoms with Crippen LogP contribution in [0.25, 0.3) is 0 Å². The first kappa shape index (κ1) is 14.3. The maximum Gasteiger partial charge on any atom is 0.193 e. The fourth-order valence-corrected chi connectivity index (χ4v) is 1.83. The molecule has 1 heterocycles. The Morgan fingerprint density at radius 3 is 2.90 bits per heavy atom. The minimum absolute atomic E-state index is 0.370. The number of pyridine rings is 1. The summed E-state index contributed by atoms with van der Waals surface area (Å²) in [5.74, 6) is 0.370. The second-order valence-electron chi connectivity index (χ2n) is 4.35. The topological polar surface area (TPSA) is 63.3 Å². The van der Waals surface area contributed by atoms with Crippen molar-refractivity contribution < 1.29 is 0 Å². The van der Waals surface area contributed by atoms with Crippen molar-refractivity contribution in [3.05, 3.63) is 58.9 Å². The molecule has 0 aliphatic rings. The van der Waals surface area contributed by atoms with E-state index in [0.29, 0.717) is 17.5 Å². The Kier molecular flexibility index (Phi) is 4.96. The summed E-state index contributed by atoms with van der Waals surface area (Å²) in [7, 11) is 0. The lowest BCUT2D eigenvalue weighted by Crippen LogP contribution is -2.22. The zero-order valence-electron chi connectivity index (χ0n) is 11.3. The van der Waals surface area contributed by atoms with Gasteiger partial charge in [-0.1, -0.05) is 30.7 Å². The van der Waals surface area contributed by atoms with Crippen molar-refractivity contribution in [1.29, 1.82) is 0 Å². The lowest BCUT2D eigenvalue weighted by atomic mass is 10.1. The summed E-state index contributed by atoms with van der Waals surface area (Å²) in [5.41, 5.74) is 8.87. The van der Waals surface area contributed by atoms with Gasteiger partial charge in [0.1, 0.15) is 0 Å². The van der Waals surface area contributed by atoms with E-state index in [1.807, 2.05) is 18.2 Å². The van der Waals surface area contributed by atoms with Crippen molar-refractivity contribution in [2.45, 2.75) is 19.9 Å². The summed E-state index contributed by atoms with van der Waals surface area (Å²) in [5, 5.41) is 3.68. The van der Waals surface area contributed by atoms with Gasteiger partial charge in [-0.2, -0.15) is 0 Å². The minimum Gasteiger partial charge on any atom is -0.370 e. The number of rotatable bonds is 4. The van der Waals surface area contributed by atoms with Crippen LogP contribution < -0.4 is 11.1 Å². The number of guanidine groups is 1. The molecule has 0 saturated carbocycles. The molecule has 20 heavy (non-hydrogen) atoms. The predicted octanol–water partition coefficient (Wildman–Crippen LogP) is 3.22. The van der Waals surface area contributed by atoms with E-state index in [9.17, 15) is 0 Å². The van der Waals surface area contributed by atoms with E-state index in [0.717, 1.165) is 17.8 Å². The second kappa shape index (κ2) is 6.91. The molecule has 0 aliphatic heterocycles. The third kappa shape index (κ3) is 4.24. The van der Waals surface area contributed by atoms with E-state index in [1.54, 1.807) is 12.3 Å². The molecule has 1 aromatic heterocycles. The number of aryl methyl sites for hydroxylation is 1. The van der Waals surface area contributed by atoms with Gasteiger partial charge in [-0.3, -0.25) is 4.98 Å². The molecule has 0 fully saturated rings. The van der Waals surface area contributed by atoms with E-state index < -0.39 is 0 Å². The fraction of sp³-hybridized carbons (Fsp3) is 0.200. The maximum absolute atomic E-state index is 5.86. The monoisotopic (exact) mass is 288 g/mol. The Morgan fingerprint density at radius 1 is 1.35 bits per heavy atom. The first-order valence-corrected chi connectivity index (χ1v) is 6.81. The summed E-state index contributed by atoms with van der Waals surface area (Å²) in [6.07, 6.45) is 2.59. The van der Waals surface area contributed by atoms with Crippen LogP contribution in [-0.2, 0) is 13.0 Å². The average Bonchev–Trinajstić information content (AvgIpc) is 2.47. The number of aromatic nitrogens is 1. The molecule has 3 N–H and O–H groups in total. The van der Waals surface area contributed by atoms with Crippen LogP contribution in [0.3, 0.4) is 0 Å². The molecule has 0 amide bonds. The Balaban J connectivity index is 1.98. The average molecular weight is 289 g/mol. The molecular weight excluding hydrogens is 272 g/mol. The maximum atomic E-state index is 5.86. The highest BCUT2D eigenvalue weighted by atomic mass is 35.5. The smallest absolute Gasteiger partial charge is 0.193 e. The summed E-state index contributed by atoms with van der Waals surface area (Å²) in [6, 6.07) is 11.7. The van der Waals surface area contributed by atoms with Crippen LogP contribution in [0.5, 0.6) is 0 Å². The fourth-order valence-electron chi connectivity index (χ4n) is 1.72. The molecule has 2 rings (SSSR count). The van der Waals surface area contributed by atoms with Crippen LogP contribution >= 0.6 is 11.6 Å². The molecule has 0 bridgehead atoms. The first-order chi connectivity index (χ1) is 9.67. The van der Waals surface area contributed by atoms with E-state index in [-0.39, 0.29) is 0 Å². The van der Waals surface area contributed by atoms with Crippen molar-refractivity contribution in [3.63, 3.8) is 0 Å². The zero-order valence-corrected chi connectivity index (χ0v) is 12.1.